The van der Waals surface area contributed by atoms with E-state index in [2.05, 4.69) is 19.2 Å². The minimum absolute atomic E-state index is 0.00213. The molecular formula is C16H26N2O2. The first-order valence-electron chi connectivity index (χ1n) is 7.16. The summed E-state index contributed by atoms with van der Waals surface area (Å²) in [5.41, 5.74) is 1.11. The molecule has 1 rings (SSSR count). The van der Waals surface area contributed by atoms with Gasteiger partial charge in [0.25, 0.3) is 0 Å². The van der Waals surface area contributed by atoms with Crippen LogP contribution in [0.15, 0.2) is 30.3 Å². The van der Waals surface area contributed by atoms with E-state index in [0.29, 0.717) is 18.9 Å². The summed E-state index contributed by atoms with van der Waals surface area (Å²) >= 11 is 0. The third kappa shape index (κ3) is 5.21. The number of urea groups is 1. The van der Waals surface area contributed by atoms with Crippen molar-refractivity contribution in [2.75, 3.05) is 13.6 Å². The molecule has 0 aliphatic carbocycles. The first-order chi connectivity index (χ1) is 9.41. The zero-order valence-corrected chi connectivity index (χ0v) is 12.8. The summed E-state index contributed by atoms with van der Waals surface area (Å²) in [4.78, 5) is 13.8. The van der Waals surface area contributed by atoms with Crippen molar-refractivity contribution in [2.45, 2.75) is 39.3 Å². The number of rotatable bonds is 6. The lowest BCUT2D eigenvalue weighted by Gasteiger charge is -2.26. The summed E-state index contributed by atoms with van der Waals surface area (Å²) in [6.45, 7) is 6.46. The van der Waals surface area contributed by atoms with Gasteiger partial charge >= 0.3 is 6.03 Å². The molecule has 20 heavy (non-hydrogen) atoms. The van der Waals surface area contributed by atoms with Gasteiger partial charge in [-0.2, -0.15) is 0 Å². The number of aliphatic hydroxyl groups is 1. The topological polar surface area (TPSA) is 52.6 Å². The second kappa shape index (κ2) is 7.90. The number of carbonyl (C=O) groups excluding carboxylic acids is 1. The molecule has 2 amide bonds. The largest absolute Gasteiger partial charge is 0.393 e. The van der Waals surface area contributed by atoms with Crippen LogP contribution in [0.25, 0.3) is 0 Å². The van der Waals surface area contributed by atoms with Crippen molar-refractivity contribution in [2.24, 2.45) is 5.92 Å². The zero-order valence-electron chi connectivity index (χ0n) is 12.8. The quantitative estimate of drug-likeness (QED) is 0.840. The van der Waals surface area contributed by atoms with Gasteiger partial charge in [-0.05, 0) is 24.8 Å². The lowest BCUT2D eigenvalue weighted by Crippen LogP contribution is -2.41. The Balaban J connectivity index is 2.65. The summed E-state index contributed by atoms with van der Waals surface area (Å²) in [7, 11) is 1.75. The second-order valence-electron chi connectivity index (χ2n) is 5.64. The van der Waals surface area contributed by atoms with Crippen molar-refractivity contribution in [1.82, 2.24) is 10.2 Å². The zero-order chi connectivity index (χ0) is 15.1. The maximum Gasteiger partial charge on any atom is 0.317 e. The molecule has 0 bridgehead atoms. The third-order valence-corrected chi connectivity index (χ3v) is 3.33. The molecule has 0 saturated carbocycles. The fourth-order valence-electron chi connectivity index (χ4n) is 2.02. The maximum atomic E-state index is 12.2. The molecule has 0 saturated heterocycles. The molecule has 0 aliphatic heterocycles. The van der Waals surface area contributed by atoms with Gasteiger partial charge in [-0.15, -0.1) is 0 Å². The molecule has 0 fully saturated rings. The van der Waals surface area contributed by atoms with Crippen LogP contribution in [0.5, 0.6) is 0 Å². The standard InChI is InChI=1S/C16H26N2O2/c1-12(2)15(14-8-6-5-7-9-14)17-16(20)18(4)11-10-13(3)19/h5-9,12-13,15,19H,10-11H2,1-4H3,(H,17,20). The monoisotopic (exact) mass is 278 g/mol. The molecule has 0 aliphatic rings. The van der Waals surface area contributed by atoms with Crippen LogP contribution in [0.1, 0.15) is 38.8 Å². The van der Waals surface area contributed by atoms with Gasteiger partial charge in [0.15, 0.2) is 0 Å². The normalized spacial score (nSPS) is 13.9. The lowest BCUT2D eigenvalue weighted by atomic mass is 9.96. The fraction of sp³-hybridized carbons (Fsp3) is 0.562. The smallest absolute Gasteiger partial charge is 0.317 e. The molecule has 4 nitrogen and oxygen atoms in total. The predicted octanol–water partition coefficient (Wildman–Crippen LogP) is 2.80. The number of nitrogens with zero attached hydrogens (tertiary/aromatic N) is 1. The van der Waals surface area contributed by atoms with E-state index in [0.717, 1.165) is 5.56 Å². The fourth-order valence-corrected chi connectivity index (χ4v) is 2.02. The Hall–Kier alpha value is -1.55. The van der Waals surface area contributed by atoms with Gasteiger partial charge in [-0.1, -0.05) is 44.2 Å². The molecule has 1 aromatic rings. The average molecular weight is 278 g/mol. The van der Waals surface area contributed by atoms with Crippen LogP contribution >= 0.6 is 0 Å². The van der Waals surface area contributed by atoms with E-state index in [1.54, 1.807) is 18.9 Å². The van der Waals surface area contributed by atoms with Crippen LogP contribution in [-0.4, -0.2) is 35.7 Å². The number of hydrogen-bond acceptors (Lipinski definition) is 2. The molecule has 1 aromatic carbocycles. The van der Waals surface area contributed by atoms with Crippen molar-refractivity contribution in [1.29, 1.82) is 0 Å². The van der Waals surface area contributed by atoms with Gasteiger partial charge in [0.2, 0.25) is 0 Å². The first-order valence-corrected chi connectivity index (χ1v) is 7.16. The number of amides is 2. The predicted molar refractivity (Wildman–Crippen MR) is 81.5 cm³/mol. The Morgan fingerprint density at radius 3 is 2.35 bits per heavy atom. The second-order valence-corrected chi connectivity index (χ2v) is 5.64. The van der Waals surface area contributed by atoms with Crippen LogP contribution in [0.4, 0.5) is 4.79 Å². The minimum atomic E-state index is -0.389. The third-order valence-electron chi connectivity index (χ3n) is 3.33. The van der Waals surface area contributed by atoms with Gasteiger partial charge in [0, 0.05) is 13.6 Å². The molecule has 112 valence electrons. The molecule has 2 atom stereocenters. The summed E-state index contributed by atoms with van der Waals surface area (Å²) in [6.07, 6.45) is 0.196. The molecule has 2 N–H and O–H groups in total. The summed E-state index contributed by atoms with van der Waals surface area (Å²) < 4.78 is 0. The van der Waals surface area contributed by atoms with E-state index < -0.39 is 0 Å². The summed E-state index contributed by atoms with van der Waals surface area (Å²) in [5, 5.41) is 12.3. The lowest BCUT2D eigenvalue weighted by molar-refractivity contribution is 0.161. The van der Waals surface area contributed by atoms with E-state index >= 15 is 0 Å². The van der Waals surface area contributed by atoms with E-state index in [4.69, 9.17) is 0 Å². The Morgan fingerprint density at radius 1 is 1.25 bits per heavy atom. The van der Waals surface area contributed by atoms with Gasteiger partial charge in [0.1, 0.15) is 0 Å². The highest BCUT2D eigenvalue weighted by Crippen LogP contribution is 2.21. The van der Waals surface area contributed by atoms with Crippen LogP contribution in [0.3, 0.4) is 0 Å². The van der Waals surface area contributed by atoms with Gasteiger partial charge in [0.05, 0.1) is 12.1 Å². The van der Waals surface area contributed by atoms with Crippen LogP contribution in [0, 0.1) is 5.92 Å². The van der Waals surface area contributed by atoms with E-state index in [-0.39, 0.29) is 18.2 Å². The number of nitrogens with one attached hydrogen (secondary N) is 1. The Bertz CT molecular complexity index is 404. The Kier molecular flexibility index (Phi) is 6.52. The molecule has 0 radical (unpaired) electrons. The van der Waals surface area contributed by atoms with Crippen molar-refractivity contribution in [3.8, 4) is 0 Å². The van der Waals surface area contributed by atoms with Gasteiger partial charge in [-0.25, -0.2) is 4.79 Å². The van der Waals surface area contributed by atoms with Crippen molar-refractivity contribution in [3.63, 3.8) is 0 Å². The number of benzene rings is 1. The summed E-state index contributed by atoms with van der Waals surface area (Å²) in [6, 6.07) is 9.88. The van der Waals surface area contributed by atoms with Gasteiger partial charge < -0.3 is 15.3 Å². The van der Waals surface area contributed by atoms with Crippen LogP contribution in [-0.2, 0) is 0 Å². The number of hydrogen-bond donors (Lipinski definition) is 2. The van der Waals surface area contributed by atoms with Crippen molar-refractivity contribution >= 4 is 6.03 Å². The molecule has 0 spiro atoms. The average Bonchev–Trinajstić information content (AvgIpc) is 2.42. The van der Waals surface area contributed by atoms with Crippen molar-refractivity contribution in [3.05, 3.63) is 35.9 Å². The van der Waals surface area contributed by atoms with E-state index in [9.17, 15) is 9.90 Å². The van der Waals surface area contributed by atoms with Gasteiger partial charge in [-0.3, -0.25) is 0 Å². The molecule has 4 heteroatoms. The Morgan fingerprint density at radius 2 is 1.85 bits per heavy atom. The number of carbonyl (C=O) groups is 1. The highest BCUT2D eigenvalue weighted by Gasteiger charge is 2.20. The Labute approximate surface area is 121 Å². The number of aliphatic hydroxyl groups excluding tert-OH is 1. The van der Waals surface area contributed by atoms with E-state index in [1.807, 2.05) is 30.3 Å². The highest BCUT2D eigenvalue weighted by molar-refractivity contribution is 5.74. The SMILES string of the molecule is CC(O)CCN(C)C(=O)NC(c1ccccc1)C(C)C. The molecular weight excluding hydrogens is 252 g/mol. The maximum absolute atomic E-state index is 12.2. The minimum Gasteiger partial charge on any atom is -0.393 e. The molecule has 0 aromatic heterocycles. The van der Waals surface area contributed by atoms with Crippen LogP contribution < -0.4 is 5.32 Å². The molecule has 0 heterocycles. The molecule has 2 unspecified atom stereocenters. The first kappa shape index (κ1) is 16.5. The van der Waals surface area contributed by atoms with E-state index in [1.165, 1.54) is 0 Å². The highest BCUT2D eigenvalue weighted by atomic mass is 16.3. The van der Waals surface area contributed by atoms with Crippen LogP contribution in [0.2, 0.25) is 0 Å². The van der Waals surface area contributed by atoms with Crippen molar-refractivity contribution < 1.29 is 9.90 Å². The summed E-state index contributed by atoms with van der Waals surface area (Å²) in [5.74, 6) is 0.312.